The molecule has 1 atom stereocenters. The molecule has 1 N–H and O–H groups in total. The standard InChI is InChI=1S/C20H27N3O5S/c1-5-17(25)22-10-20(11-22)12-23(29(4,26)27)16(9-24)19-18(20)14-7-6-13(28-3)8-15(14)21(19)2/h6-8,16,24H,5,9-12H2,1-4H3/t16-/m1/s1. The summed E-state index contributed by atoms with van der Waals surface area (Å²) < 4.78 is 33.9. The van der Waals surface area contributed by atoms with Gasteiger partial charge in [-0.05, 0) is 17.7 Å². The maximum atomic E-state index is 12.6. The molecule has 1 saturated heterocycles. The van der Waals surface area contributed by atoms with Gasteiger partial charge in [0.25, 0.3) is 0 Å². The van der Waals surface area contributed by atoms with Gasteiger partial charge in [-0.25, -0.2) is 8.42 Å². The molecule has 29 heavy (non-hydrogen) atoms. The molecule has 8 nitrogen and oxygen atoms in total. The molecule has 0 aliphatic carbocycles. The fraction of sp³-hybridized carbons (Fsp3) is 0.550. The Labute approximate surface area is 170 Å². The van der Waals surface area contributed by atoms with Gasteiger partial charge >= 0.3 is 0 Å². The number of amides is 1. The average Bonchev–Trinajstić information content (AvgIpc) is 2.96. The average molecular weight is 422 g/mol. The molecule has 1 aromatic carbocycles. The van der Waals surface area contributed by atoms with Crippen molar-refractivity contribution in [1.29, 1.82) is 0 Å². The molecule has 1 amide bonds. The third-order valence-corrected chi connectivity index (χ3v) is 7.58. The number of methoxy groups -OCH3 is 1. The molecule has 0 bridgehead atoms. The fourth-order valence-corrected chi connectivity index (χ4v) is 6.11. The van der Waals surface area contributed by atoms with Crippen LogP contribution in [0, 0.1) is 0 Å². The Morgan fingerprint density at radius 1 is 1.31 bits per heavy atom. The van der Waals surface area contributed by atoms with Crippen LogP contribution in [-0.4, -0.2) is 72.8 Å². The number of aliphatic hydroxyl groups excluding tert-OH is 1. The van der Waals surface area contributed by atoms with Crippen LogP contribution in [0.1, 0.15) is 30.6 Å². The van der Waals surface area contributed by atoms with E-state index in [1.807, 2.05) is 36.7 Å². The number of carbonyl (C=O) groups excluding carboxylic acids is 1. The number of aryl methyl sites for hydroxylation is 1. The summed E-state index contributed by atoms with van der Waals surface area (Å²) in [5, 5.41) is 11.2. The number of likely N-dealkylation sites (tertiary alicyclic amines) is 1. The van der Waals surface area contributed by atoms with Gasteiger partial charge in [0.15, 0.2) is 0 Å². The predicted molar refractivity (Wildman–Crippen MR) is 109 cm³/mol. The van der Waals surface area contributed by atoms with Crippen LogP contribution < -0.4 is 4.74 Å². The summed E-state index contributed by atoms with van der Waals surface area (Å²) in [5.74, 6) is 0.774. The Bertz CT molecular complexity index is 1090. The van der Waals surface area contributed by atoms with Crippen LogP contribution in [0.4, 0.5) is 0 Å². The topological polar surface area (TPSA) is 92.1 Å². The number of nitrogens with zero attached hydrogens (tertiary/aromatic N) is 3. The number of ether oxygens (including phenoxy) is 1. The van der Waals surface area contributed by atoms with Crippen molar-refractivity contribution in [3.8, 4) is 5.75 Å². The lowest BCUT2D eigenvalue weighted by atomic mass is 9.69. The minimum atomic E-state index is -3.56. The van der Waals surface area contributed by atoms with E-state index < -0.39 is 21.5 Å². The second kappa shape index (κ2) is 6.72. The van der Waals surface area contributed by atoms with E-state index >= 15 is 0 Å². The minimum absolute atomic E-state index is 0.0641. The van der Waals surface area contributed by atoms with Crippen molar-refractivity contribution in [3.63, 3.8) is 0 Å². The molecule has 0 radical (unpaired) electrons. The third kappa shape index (κ3) is 2.86. The Hall–Kier alpha value is -2.10. The molecule has 9 heteroatoms. The third-order valence-electron chi connectivity index (χ3n) is 6.35. The normalized spacial score (nSPS) is 21.3. The highest BCUT2D eigenvalue weighted by Crippen LogP contribution is 2.50. The predicted octanol–water partition coefficient (Wildman–Crippen LogP) is 0.986. The van der Waals surface area contributed by atoms with Gasteiger partial charge < -0.3 is 19.3 Å². The number of sulfonamides is 1. The molecule has 2 aromatic rings. The molecule has 3 heterocycles. The lowest BCUT2D eigenvalue weighted by Crippen LogP contribution is -2.68. The van der Waals surface area contributed by atoms with E-state index in [1.54, 1.807) is 12.0 Å². The summed E-state index contributed by atoms with van der Waals surface area (Å²) in [6.45, 7) is 2.72. The number of aliphatic hydroxyl groups is 1. The van der Waals surface area contributed by atoms with Gasteiger partial charge in [0.2, 0.25) is 15.9 Å². The smallest absolute Gasteiger partial charge is 0.222 e. The summed E-state index contributed by atoms with van der Waals surface area (Å²) in [7, 11) is -0.0655. The minimum Gasteiger partial charge on any atom is -0.497 e. The van der Waals surface area contributed by atoms with Crippen molar-refractivity contribution in [3.05, 3.63) is 29.5 Å². The van der Waals surface area contributed by atoms with Crippen LogP contribution in [0.2, 0.25) is 0 Å². The highest BCUT2D eigenvalue weighted by Gasteiger charge is 2.55. The molecule has 2 aliphatic heterocycles. The van der Waals surface area contributed by atoms with Crippen molar-refractivity contribution in [1.82, 2.24) is 13.8 Å². The summed E-state index contributed by atoms with van der Waals surface area (Å²) in [4.78, 5) is 14.0. The van der Waals surface area contributed by atoms with Crippen molar-refractivity contribution < 1.29 is 23.1 Å². The van der Waals surface area contributed by atoms with Gasteiger partial charge in [0, 0.05) is 55.7 Å². The van der Waals surface area contributed by atoms with Crippen molar-refractivity contribution in [2.24, 2.45) is 7.05 Å². The van der Waals surface area contributed by atoms with E-state index in [0.29, 0.717) is 25.3 Å². The lowest BCUT2D eigenvalue weighted by Gasteiger charge is -2.55. The van der Waals surface area contributed by atoms with Crippen molar-refractivity contribution in [2.45, 2.75) is 24.8 Å². The summed E-state index contributed by atoms with van der Waals surface area (Å²) in [6, 6.07) is 5.14. The van der Waals surface area contributed by atoms with E-state index in [-0.39, 0.29) is 19.1 Å². The van der Waals surface area contributed by atoms with E-state index in [2.05, 4.69) is 0 Å². The molecule has 0 saturated carbocycles. The van der Waals surface area contributed by atoms with Crippen LogP contribution in [0.5, 0.6) is 5.75 Å². The van der Waals surface area contributed by atoms with Gasteiger partial charge in [-0.1, -0.05) is 6.92 Å². The van der Waals surface area contributed by atoms with Gasteiger partial charge in [-0.15, -0.1) is 0 Å². The number of carbonyl (C=O) groups is 1. The summed E-state index contributed by atoms with van der Waals surface area (Å²) in [6.07, 6.45) is 1.60. The first-order valence-electron chi connectivity index (χ1n) is 9.69. The molecule has 1 fully saturated rings. The Balaban J connectivity index is 1.96. The largest absolute Gasteiger partial charge is 0.497 e. The van der Waals surface area contributed by atoms with Gasteiger partial charge in [0.1, 0.15) is 5.75 Å². The zero-order valence-electron chi connectivity index (χ0n) is 17.2. The second-order valence-electron chi connectivity index (χ2n) is 8.09. The summed E-state index contributed by atoms with van der Waals surface area (Å²) in [5.41, 5.74) is 2.26. The van der Waals surface area contributed by atoms with E-state index in [1.165, 1.54) is 10.6 Å². The van der Waals surface area contributed by atoms with E-state index in [9.17, 15) is 18.3 Å². The number of fused-ring (bicyclic) bond motifs is 4. The van der Waals surface area contributed by atoms with Gasteiger partial charge in [0.05, 0.1) is 31.5 Å². The highest BCUT2D eigenvalue weighted by molar-refractivity contribution is 7.88. The first-order chi connectivity index (χ1) is 13.7. The van der Waals surface area contributed by atoms with E-state index in [0.717, 1.165) is 22.2 Å². The molecule has 158 valence electrons. The van der Waals surface area contributed by atoms with Crippen LogP contribution in [0.15, 0.2) is 18.2 Å². The molecule has 1 spiro atoms. The molecule has 0 unspecified atom stereocenters. The first-order valence-corrected chi connectivity index (χ1v) is 11.5. The molecular formula is C20H27N3O5S. The monoisotopic (exact) mass is 421 g/mol. The fourth-order valence-electron chi connectivity index (χ4n) is 5.00. The van der Waals surface area contributed by atoms with Crippen LogP contribution >= 0.6 is 0 Å². The lowest BCUT2D eigenvalue weighted by molar-refractivity contribution is -0.139. The Morgan fingerprint density at radius 2 is 2.00 bits per heavy atom. The molecule has 4 rings (SSSR count). The SMILES string of the molecule is CCC(=O)N1CC2(C1)CN(S(C)(=O)=O)[C@H](CO)c1c2c2ccc(OC)cc2n1C. The second-order valence-corrected chi connectivity index (χ2v) is 10.0. The van der Waals surface area contributed by atoms with Crippen LogP contribution in [-0.2, 0) is 27.3 Å². The maximum Gasteiger partial charge on any atom is 0.222 e. The number of hydrogen-bond donors (Lipinski definition) is 1. The first kappa shape index (κ1) is 20.2. The van der Waals surface area contributed by atoms with E-state index in [4.69, 9.17) is 4.74 Å². The zero-order valence-corrected chi connectivity index (χ0v) is 18.0. The zero-order chi connectivity index (χ0) is 21.1. The van der Waals surface area contributed by atoms with Crippen molar-refractivity contribution in [2.75, 3.05) is 39.6 Å². The van der Waals surface area contributed by atoms with Crippen molar-refractivity contribution >= 4 is 26.8 Å². The number of rotatable bonds is 4. The van der Waals surface area contributed by atoms with Gasteiger partial charge in [-0.3, -0.25) is 4.79 Å². The summed E-state index contributed by atoms with van der Waals surface area (Å²) >= 11 is 0. The maximum absolute atomic E-state index is 12.6. The number of benzene rings is 1. The number of aromatic nitrogens is 1. The van der Waals surface area contributed by atoms with Crippen LogP contribution in [0.3, 0.4) is 0 Å². The molecule has 2 aliphatic rings. The molecule has 1 aromatic heterocycles. The highest BCUT2D eigenvalue weighted by atomic mass is 32.2. The molecular weight excluding hydrogens is 394 g/mol. The Morgan fingerprint density at radius 3 is 2.55 bits per heavy atom. The van der Waals surface area contributed by atoms with Gasteiger partial charge in [-0.2, -0.15) is 4.31 Å². The Kier molecular flexibility index (Phi) is 4.67. The quantitative estimate of drug-likeness (QED) is 0.795. The number of hydrogen-bond acceptors (Lipinski definition) is 5. The van der Waals surface area contributed by atoms with Crippen LogP contribution in [0.25, 0.3) is 10.9 Å².